The maximum Gasteiger partial charge on any atom is 0.257 e. The van der Waals surface area contributed by atoms with E-state index in [-0.39, 0.29) is 23.0 Å². The van der Waals surface area contributed by atoms with Crippen LogP contribution in [0.25, 0.3) is 0 Å². The highest BCUT2D eigenvalue weighted by atomic mass is 127. The molecule has 0 radical (unpaired) electrons. The molecule has 1 aliphatic heterocycles. The molecule has 6 nitrogen and oxygen atoms in total. The number of amides is 2. The molecule has 0 aliphatic carbocycles. The van der Waals surface area contributed by atoms with Crippen LogP contribution >= 0.6 is 34.8 Å². The summed E-state index contributed by atoms with van der Waals surface area (Å²) in [6.07, 6.45) is 2.04. The first-order valence-electron chi connectivity index (χ1n) is 8.89. The van der Waals surface area contributed by atoms with Gasteiger partial charge in [0.05, 0.1) is 17.4 Å². The lowest BCUT2D eigenvalue weighted by atomic mass is 10.1. The van der Waals surface area contributed by atoms with Crippen molar-refractivity contribution in [1.29, 1.82) is 0 Å². The van der Waals surface area contributed by atoms with Crippen LogP contribution in [-0.4, -0.2) is 36.2 Å². The van der Waals surface area contributed by atoms with E-state index >= 15 is 0 Å². The summed E-state index contributed by atoms with van der Waals surface area (Å²) >= 11 is 7.39. The van der Waals surface area contributed by atoms with Gasteiger partial charge < -0.3 is 15.4 Å². The number of rotatable bonds is 5. The molecule has 2 amide bonds. The summed E-state index contributed by atoms with van der Waals surface area (Å²) < 4.78 is 6.48. The van der Waals surface area contributed by atoms with Gasteiger partial charge in [0.1, 0.15) is 0 Å². The first kappa shape index (κ1) is 20.7. The van der Waals surface area contributed by atoms with Crippen LogP contribution in [0.3, 0.4) is 0 Å². The summed E-state index contributed by atoms with van der Waals surface area (Å²) in [5.41, 5.74) is 1.49. The number of hydrogen-bond donors (Lipinski definition) is 3. The average molecular weight is 509 g/mol. The first-order chi connectivity index (χ1) is 13.5. The highest BCUT2D eigenvalue weighted by molar-refractivity contribution is 14.1. The number of ether oxygens (including phenoxy) is 1. The Hall–Kier alpha value is -2.04. The van der Waals surface area contributed by atoms with Gasteiger partial charge in [0.2, 0.25) is 0 Å². The van der Waals surface area contributed by atoms with Crippen LogP contribution in [0.2, 0.25) is 0 Å². The second-order valence-corrected chi connectivity index (χ2v) is 7.96. The van der Waals surface area contributed by atoms with E-state index in [9.17, 15) is 9.59 Å². The number of thiocarbonyl (C=S) groups is 1. The molecule has 3 N–H and O–H groups in total. The van der Waals surface area contributed by atoms with Crippen LogP contribution in [-0.2, 0) is 4.74 Å². The zero-order valence-corrected chi connectivity index (χ0v) is 18.0. The second kappa shape index (κ2) is 9.94. The van der Waals surface area contributed by atoms with Gasteiger partial charge in [-0.2, -0.15) is 0 Å². The van der Waals surface area contributed by atoms with E-state index in [1.54, 1.807) is 42.5 Å². The smallest absolute Gasteiger partial charge is 0.257 e. The van der Waals surface area contributed by atoms with Gasteiger partial charge in [-0.15, -0.1) is 0 Å². The maximum atomic E-state index is 12.5. The fraction of sp³-hybridized carbons (Fsp3) is 0.250. The van der Waals surface area contributed by atoms with Crippen molar-refractivity contribution in [3.63, 3.8) is 0 Å². The number of hydrogen-bond acceptors (Lipinski definition) is 4. The van der Waals surface area contributed by atoms with Gasteiger partial charge in [0.15, 0.2) is 5.11 Å². The Balaban J connectivity index is 1.61. The van der Waals surface area contributed by atoms with Crippen molar-refractivity contribution < 1.29 is 14.3 Å². The second-order valence-electron chi connectivity index (χ2n) is 6.31. The van der Waals surface area contributed by atoms with Gasteiger partial charge in [-0.25, -0.2) is 0 Å². The van der Waals surface area contributed by atoms with E-state index in [1.807, 2.05) is 6.07 Å². The SMILES string of the molecule is O=C(NC(=S)Nc1ccccc1C(=O)NCC1CCCO1)c1cccc(I)c1. The van der Waals surface area contributed by atoms with Gasteiger partial charge in [-0.1, -0.05) is 18.2 Å². The topological polar surface area (TPSA) is 79.5 Å². The lowest BCUT2D eigenvalue weighted by molar-refractivity contribution is 0.0858. The third kappa shape index (κ3) is 5.73. The molecule has 28 heavy (non-hydrogen) atoms. The number of halogens is 1. The first-order valence-corrected chi connectivity index (χ1v) is 10.4. The number of nitrogens with one attached hydrogen (secondary N) is 3. The molecule has 0 aromatic heterocycles. The predicted octanol–water partition coefficient (Wildman–Crippen LogP) is 3.33. The molecule has 146 valence electrons. The number of anilines is 1. The lowest BCUT2D eigenvalue weighted by Crippen LogP contribution is -2.35. The molecule has 1 heterocycles. The van der Waals surface area contributed by atoms with E-state index in [0.717, 1.165) is 23.0 Å². The zero-order valence-electron chi connectivity index (χ0n) is 15.0. The van der Waals surface area contributed by atoms with Crippen LogP contribution in [0.4, 0.5) is 5.69 Å². The molecule has 3 rings (SSSR count). The van der Waals surface area contributed by atoms with Crippen molar-refractivity contribution in [1.82, 2.24) is 10.6 Å². The van der Waals surface area contributed by atoms with Crippen LogP contribution < -0.4 is 16.0 Å². The van der Waals surface area contributed by atoms with Gasteiger partial charge in [0, 0.05) is 22.3 Å². The number of carbonyl (C=O) groups excluding carboxylic acids is 2. The summed E-state index contributed by atoms with van der Waals surface area (Å²) in [6.45, 7) is 1.22. The Morgan fingerprint density at radius 2 is 1.96 bits per heavy atom. The molecule has 8 heteroatoms. The normalized spacial score (nSPS) is 15.7. The molecule has 2 aromatic rings. The lowest BCUT2D eigenvalue weighted by Gasteiger charge is -2.15. The fourth-order valence-electron chi connectivity index (χ4n) is 2.86. The third-order valence-corrected chi connectivity index (χ3v) is 5.12. The van der Waals surface area contributed by atoms with Crippen LogP contribution in [0.1, 0.15) is 33.6 Å². The van der Waals surface area contributed by atoms with Crippen molar-refractivity contribution in [2.75, 3.05) is 18.5 Å². The predicted molar refractivity (Wildman–Crippen MR) is 121 cm³/mol. The minimum Gasteiger partial charge on any atom is -0.376 e. The summed E-state index contributed by atoms with van der Waals surface area (Å²) in [6, 6.07) is 14.2. The average Bonchev–Trinajstić information content (AvgIpc) is 3.20. The molecular weight excluding hydrogens is 489 g/mol. The summed E-state index contributed by atoms with van der Waals surface area (Å²) in [4.78, 5) is 24.9. The highest BCUT2D eigenvalue weighted by Crippen LogP contribution is 2.16. The summed E-state index contributed by atoms with van der Waals surface area (Å²) in [7, 11) is 0. The Kier molecular flexibility index (Phi) is 7.35. The molecular formula is C20H20IN3O3S. The fourth-order valence-corrected chi connectivity index (χ4v) is 3.60. The molecule has 2 aromatic carbocycles. The van der Waals surface area contributed by atoms with Gasteiger partial charge in [0.25, 0.3) is 11.8 Å². The van der Waals surface area contributed by atoms with E-state index in [2.05, 4.69) is 38.5 Å². The Bertz CT molecular complexity index is 885. The van der Waals surface area contributed by atoms with E-state index in [1.165, 1.54) is 0 Å². The molecule has 1 unspecified atom stereocenters. The van der Waals surface area contributed by atoms with Gasteiger partial charge >= 0.3 is 0 Å². The van der Waals surface area contributed by atoms with Crippen molar-refractivity contribution in [3.05, 3.63) is 63.2 Å². The molecule has 1 fully saturated rings. The van der Waals surface area contributed by atoms with E-state index in [4.69, 9.17) is 17.0 Å². The molecule has 1 atom stereocenters. The maximum absolute atomic E-state index is 12.5. The van der Waals surface area contributed by atoms with E-state index in [0.29, 0.717) is 23.4 Å². The van der Waals surface area contributed by atoms with Crippen molar-refractivity contribution in [3.8, 4) is 0 Å². The molecule has 0 spiro atoms. The van der Waals surface area contributed by atoms with E-state index < -0.39 is 0 Å². The Morgan fingerprint density at radius 1 is 1.14 bits per heavy atom. The van der Waals surface area contributed by atoms with Crippen LogP contribution in [0, 0.1) is 3.57 Å². The largest absolute Gasteiger partial charge is 0.376 e. The quantitative estimate of drug-likeness (QED) is 0.426. The highest BCUT2D eigenvalue weighted by Gasteiger charge is 2.18. The van der Waals surface area contributed by atoms with Gasteiger partial charge in [-0.05, 0) is 78.0 Å². The van der Waals surface area contributed by atoms with Crippen molar-refractivity contribution in [2.45, 2.75) is 18.9 Å². The number of carbonyl (C=O) groups is 2. The Morgan fingerprint density at radius 3 is 2.71 bits per heavy atom. The third-order valence-electron chi connectivity index (χ3n) is 4.25. The minimum absolute atomic E-state index is 0.0677. The summed E-state index contributed by atoms with van der Waals surface area (Å²) in [5, 5.41) is 8.60. The molecule has 1 saturated heterocycles. The summed E-state index contributed by atoms with van der Waals surface area (Å²) in [5.74, 6) is -0.526. The number of benzene rings is 2. The monoisotopic (exact) mass is 509 g/mol. The minimum atomic E-state index is -0.309. The molecule has 1 aliphatic rings. The number of para-hydroxylation sites is 1. The molecule has 0 saturated carbocycles. The van der Waals surface area contributed by atoms with Crippen LogP contribution in [0.15, 0.2) is 48.5 Å². The zero-order chi connectivity index (χ0) is 19.9. The van der Waals surface area contributed by atoms with Crippen LogP contribution in [0.5, 0.6) is 0 Å². The molecule has 0 bridgehead atoms. The Labute approximate surface area is 182 Å². The van der Waals surface area contributed by atoms with Crippen molar-refractivity contribution >= 4 is 57.4 Å². The van der Waals surface area contributed by atoms with Crippen molar-refractivity contribution in [2.24, 2.45) is 0 Å². The standard InChI is InChI=1S/C20H20IN3O3S/c21-14-6-3-5-13(11-14)18(25)24-20(28)23-17-9-2-1-8-16(17)19(26)22-12-15-7-4-10-27-15/h1-3,5-6,8-9,11,15H,4,7,10,12H2,(H,22,26)(H2,23,24,25,28). The van der Waals surface area contributed by atoms with Gasteiger partial charge in [-0.3, -0.25) is 14.9 Å².